The van der Waals surface area contributed by atoms with Gasteiger partial charge in [0.15, 0.2) is 5.79 Å². The summed E-state index contributed by atoms with van der Waals surface area (Å²) in [5.74, 6) is 0.768. The molecule has 0 spiro atoms. The van der Waals surface area contributed by atoms with E-state index in [0.717, 1.165) is 26.1 Å². The predicted octanol–water partition coefficient (Wildman–Crippen LogP) is 3.85. The first kappa shape index (κ1) is 14.9. The second-order valence-corrected chi connectivity index (χ2v) is 5.03. The molecule has 0 aliphatic carbocycles. The van der Waals surface area contributed by atoms with Crippen molar-refractivity contribution in [3.63, 3.8) is 0 Å². The van der Waals surface area contributed by atoms with Crippen molar-refractivity contribution in [1.82, 2.24) is 0 Å². The van der Waals surface area contributed by atoms with Crippen LogP contribution in [0.15, 0.2) is 0 Å². The first-order chi connectivity index (χ1) is 6.95. The highest BCUT2D eigenvalue weighted by Crippen LogP contribution is 2.24. The summed E-state index contributed by atoms with van der Waals surface area (Å²) < 4.78 is 11.8. The lowest BCUT2D eigenvalue weighted by molar-refractivity contribution is -0.248. The van der Waals surface area contributed by atoms with E-state index in [1.165, 1.54) is 0 Å². The Morgan fingerprint density at radius 3 is 1.33 bits per heavy atom. The maximum atomic E-state index is 5.92. The zero-order valence-corrected chi connectivity index (χ0v) is 11.3. The lowest BCUT2D eigenvalue weighted by atomic mass is 10.1. The van der Waals surface area contributed by atoms with Gasteiger partial charge in [0.2, 0.25) is 0 Å². The third-order valence-electron chi connectivity index (χ3n) is 2.44. The quantitative estimate of drug-likeness (QED) is 0.574. The van der Waals surface area contributed by atoms with Gasteiger partial charge in [-0.1, -0.05) is 41.5 Å². The fraction of sp³-hybridized carbons (Fsp3) is 1.00. The monoisotopic (exact) mass is 216 g/mol. The van der Waals surface area contributed by atoms with E-state index in [-0.39, 0.29) is 5.79 Å². The fourth-order valence-corrected chi connectivity index (χ4v) is 1.34. The molecule has 0 radical (unpaired) electrons. The molecule has 0 bridgehead atoms. The van der Waals surface area contributed by atoms with Crippen LogP contribution in [0.4, 0.5) is 0 Å². The van der Waals surface area contributed by atoms with Crippen LogP contribution in [-0.2, 0) is 9.47 Å². The van der Waals surface area contributed by atoms with Crippen molar-refractivity contribution in [3.05, 3.63) is 0 Å². The Morgan fingerprint density at radius 1 is 0.800 bits per heavy atom. The molecule has 0 aromatic rings. The molecule has 92 valence electrons. The van der Waals surface area contributed by atoms with Gasteiger partial charge < -0.3 is 9.47 Å². The minimum atomic E-state index is -0.353. The maximum absolute atomic E-state index is 5.92. The van der Waals surface area contributed by atoms with Crippen LogP contribution in [-0.4, -0.2) is 19.0 Å². The van der Waals surface area contributed by atoms with Crippen LogP contribution in [0.1, 0.15) is 54.4 Å². The smallest absolute Gasteiger partial charge is 0.167 e. The number of rotatable bonds is 8. The van der Waals surface area contributed by atoms with Gasteiger partial charge in [-0.15, -0.1) is 0 Å². The van der Waals surface area contributed by atoms with E-state index < -0.39 is 0 Å². The van der Waals surface area contributed by atoms with Crippen LogP contribution in [0.25, 0.3) is 0 Å². The third kappa shape index (κ3) is 6.16. The van der Waals surface area contributed by atoms with Gasteiger partial charge in [0, 0.05) is 0 Å². The molecule has 2 nitrogen and oxygen atoms in total. The maximum Gasteiger partial charge on any atom is 0.167 e. The highest BCUT2D eigenvalue weighted by Gasteiger charge is 2.28. The second kappa shape index (κ2) is 7.24. The van der Waals surface area contributed by atoms with Crippen LogP contribution >= 0.6 is 0 Å². The van der Waals surface area contributed by atoms with Gasteiger partial charge in [-0.05, 0) is 24.7 Å². The SMILES string of the molecule is CCC(CC)(OCC(C)C)OCC(C)C. The Kier molecular flexibility index (Phi) is 7.20. The Balaban J connectivity index is 4.17. The summed E-state index contributed by atoms with van der Waals surface area (Å²) in [6, 6.07) is 0. The summed E-state index contributed by atoms with van der Waals surface area (Å²) in [5, 5.41) is 0. The molecule has 0 aromatic carbocycles. The number of hydrogen-bond donors (Lipinski definition) is 0. The van der Waals surface area contributed by atoms with E-state index in [2.05, 4.69) is 41.5 Å². The van der Waals surface area contributed by atoms with Crippen molar-refractivity contribution in [1.29, 1.82) is 0 Å². The molecule has 15 heavy (non-hydrogen) atoms. The molecule has 0 unspecified atom stereocenters. The lowest BCUT2D eigenvalue weighted by Gasteiger charge is -2.33. The van der Waals surface area contributed by atoms with Gasteiger partial charge in [0.25, 0.3) is 0 Å². The van der Waals surface area contributed by atoms with Gasteiger partial charge in [0.1, 0.15) is 0 Å². The van der Waals surface area contributed by atoms with E-state index in [1.54, 1.807) is 0 Å². The molecule has 0 saturated heterocycles. The van der Waals surface area contributed by atoms with Crippen molar-refractivity contribution in [2.45, 2.75) is 60.2 Å². The molecule has 0 rings (SSSR count). The Morgan fingerprint density at radius 2 is 1.13 bits per heavy atom. The molecular weight excluding hydrogens is 188 g/mol. The molecule has 0 aromatic heterocycles. The predicted molar refractivity (Wildman–Crippen MR) is 64.9 cm³/mol. The molecule has 0 aliphatic rings. The number of hydrogen-bond acceptors (Lipinski definition) is 2. The Bertz CT molecular complexity index is 135. The average molecular weight is 216 g/mol. The van der Waals surface area contributed by atoms with Crippen molar-refractivity contribution in [3.8, 4) is 0 Å². The van der Waals surface area contributed by atoms with Crippen LogP contribution in [0.3, 0.4) is 0 Å². The first-order valence-corrected chi connectivity index (χ1v) is 6.23. The first-order valence-electron chi connectivity index (χ1n) is 6.23. The van der Waals surface area contributed by atoms with E-state index in [1.807, 2.05) is 0 Å². The van der Waals surface area contributed by atoms with Gasteiger partial charge in [-0.3, -0.25) is 0 Å². The lowest BCUT2D eigenvalue weighted by Crippen LogP contribution is -2.37. The minimum Gasteiger partial charge on any atom is -0.350 e. The molecule has 0 saturated carbocycles. The normalized spacial score (nSPS) is 12.8. The van der Waals surface area contributed by atoms with Crippen LogP contribution in [0.2, 0.25) is 0 Å². The van der Waals surface area contributed by atoms with E-state index in [9.17, 15) is 0 Å². The zero-order chi connectivity index (χ0) is 11.9. The van der Waals surface area contributed by atoms with Crippen LogP contribution < -0.4 is 0 Å². The molecule has 0 atom stereocenters. The van der Waals surface area contributed by atoms with Crippen molar-refractivity contribution in [2.24, 2.45) is 11.8 Å². The van der Waals surface area contributed by atoms with E-state index in [4.69, 9.17) is 9.47 Å². The van der Waals surface area contributed by atoms with Crippen molar-refractivity contribution < 1.29 is 9.47 Å². The van der Waals surface area contributed by atoms with Crippen molar-refractivity contribution >= 4 is 0 Å². The highest BCUT2D eigenvalue weighted by molar-refractivity contribution is 4.66. The van der Waals surface area contributed by atoms with Crippen LogP contribution in [0, 0.1) is 11.8 Å². The third-order valence-corrected chi connectivity index (χ3v) is 2.44. The van der Waals surface area contributed by atoms with Gasteiger partial charge in [0.05, 0.1) is 13.2 Å². The number of ether oxygens (including phenoxy) is 2. The molecule has 0 amide bonds. The fourth-order valence-electron chi connectivity index (χ4n) is 1.34. The zero-order valence-electron chi connectivity index (χ0n) is 11.3. The topological polar surface area (TPSA) is 18.5 Å². The molecule has 2 heteroatoms. The summed E-state index contributed by atoms with van der Waals surface area (Å²) in [6.45, 7) is 14.5. The summed E-state index contributed by atoms with van der Waals surface area (Å²) in [7, 11) is 0. The van der Waals surface area contributed by atoms with E-state index in [0.29, 0.717) is 11.8 Å². The summed E-state index contributed by atoms with van der Waals surface area (Å²) in [4.78, 5) is 0. The molecule has 0 fully saturated rings. The largest absolute Gasteiger partial charge is 0.350 e. The molecular formula is C13H28O2. The molecule has 0 heterocycles. The Hall–Kier alpha value is -0.0800. The van der Waals surface area contributed by atoms with Gasteiger partial charge in [-0.25, -0.2) is 0 Å². The standard InChI is InChI=1S/C13H28O2/c1-7-13(8-2,14-9-11(3)4)15-10-12(5)6/h11-12H,7-10H2,1-6H3. The second-order valence-electron chi connectivity index (χ2n) is 5.03. The highest BCUT2D eigenvalue weighted by atomic mass is 16.7. The molecule has 0 N–H and O–H groups in total. The Labute approximate surface area is 95.3 Å². The molecule has 0 aliphatic heterocycles. The summed E-state index contributed by atoms with van der Waals surface area (Å²) in [6.07, 6.45) is 1.84. The van der Waals surface area contributed by atoms with Gasteiger partial charge in [-0.2, -0.15) is 0 Å². The summed E-state index contributed by atoms with van der Waals surface area (Å²) >= 11 is 0. The minimum absolute atomic E-state index is 0.353. The van der Waals surface area contributed by atoms with Crippen molar-refractivity contribution in [2.75, 3.05) is 13.2 Å². The summed E-state index contributed by atoms with van der Waals surface area (Å²) in [5.41, 5.74) is 0. The van der Waals surface area contributed by atoms with E-state index >= 15 is 0 Å². The van der Waals surface area contributed by atoms with Gasteiger partial charge >= 0.3 is 0 Å². The van der Waals surface area contributed by atoms with Crippen LogP contribution in [0.5, 0.6) is 0 Å². The average Bonchev–Trinajstić information content (AvgIpc) is 2.19.